The molecule has 2 fully saturated rings. The van der Waals surface area contributed by atoms with Crippen molar-refractivity contribution in [2.75, 3.05) is 0 Å². The quantitative estimate of drug-likeness (QED) is 0.113. The second-order valence-electron chi connectivity index (χ2n) is 22.7. The predicted molar refractivity (Wildman–Crippen MR) is 336 cm³/mol. The van der Waals surface area contributed by atoms with E-state index >= 15 is 0 Å². The van der Waals surface area contributed by atoms with Crippen molar-refractivity contribution in [3.8, 4) is 0 Å². The van der Waals surface area contributed by atoms with E-state index in [1.807, 2.05) is 22.7 Å². The SMILES string of the molecule is Cc1sc(C)c(P(c2ccccc2)c2ccccc2)c1C1=C(Br)C2CCC1(C)C2(C)C.Cc1sc(C)c(P(c2ccccc2)c2ccccc2)c1C1=C(P(c2ccccc2)c2ccccc2)C2CCC1(C)C2(C)C. The Morgan fingerprint density at radius 2 is 0.662 bits per heavy atom. The van der Waals surface area contributed by atoms with E-state index in [1.54, 1.807) is 38.2 Å². The minimum absolute atomic E-state index is 0.124. The largest absolute Gasteiger partial charge is 0.145 e. The van der Waals surface area contributed by atoms with Crippen LogP contribution in [0, 0.1) is 61.2 Å². The standard InChI is InChI=1S/C40H40P2S.C28H30BrPS/c1-28-35(37(29(2)43-28)41(30-18-10-6-11-19-30)31-20-12-7-13-21-31)36-38(34-26-27-40(36,5)39(34,3)4)42(32-22-14-8-15-23-32)33-24-16-9-17-25-33;1-18-23(24-25(29)22-16-17-28(24,5)27(22,3)4)26(19(2)31-18)30(20-12-8-6-9-13-20)21-14-10-7-11-15-21/h6-25,34H,26-27H2,1-5H3;6-15,22H,16-17H2,1-5H3. The predicted octanol–water partition coefficient (Wildman–Crippen LogP) is 17.1. The number of aryl methyl sites for hydroxylation is 4. The molecule has 0 nitrogen and oxygen atoms in total. The van der Waals surface area contributed by atoms with Crippen molar-refractivity contribution in [2.24, 2.45) is 33.5 Å². The van der Waals surface area contributed by atoms with Crippen molar-refractivity contribution in [3.63, 3.8) is 0 Å². The number of hydrogen-bond acceptors (Lipinski definition) is 2. The Bertz CT molecular complexity index is 3260. The van der Waals surface area contributed by atoms with Gasteiger partial charge in [-0.2, -0.15) is 0 Å². The fourth-order valence-electron chi connectivity index (χ4n) is 14.0. The molecule has 0 radical (unpaired) electrons. The molecule has 0 aliphatic heterocycles. The van der Waals surface area contributed by atoms with Gasteiger partial charge in [-0.25, -0.2) is 0 Å². The number of hydrogen-bond donors (Lipinski definition) is 0. The molecular weight excluding hydrogens is 1050 g/mol. The molecule has 376 valence electrons. The summed E-state index contributed by atoms with van der Waals surface area (Å²) in [4.78, 5) is 5.91. The molecule has 8 aromatic rings. The minimum atomic E-state index is -0.709. The first-order valence-corrected chi connectivity index (χ1v) is 33.1. The Kier molecular flexibility index (Phi) is 14.3. The molecule has 6 heteroatoms. The second kappa shape index (κ2) is 20.4. The van der Waals surface area contributed by atoms with Gasteiger partial charge in [0.2, 0.25) is 0 Å². The maximum absolute atomic E-state index is 4.14. The molecule has 4 aliphatic carbocycles. The molecular formula is C68H70BrP3S2. The summed E-state index contributed by atoms with van der Waals surface area (Å²) in [6.07, 6.45) is 5.14. The highest BCUT2D eigenvalue weighted by Gasteiger charge is 2.63. The monoisotopic (exact) mass is 1120 g/mol. The third-order valence-corrected chi connectivity index (χ3v) is 29.6. The Labute approximate surface area is 463 Å². The molecule has 6 aromatic carbocycles. The summed E-state index contributed by atoms with van der Waals surface area (Å²) in [6.45, 7) is 24.7. The van der Waals surface area contributed by atoms with Crippen LogP contribution < -0.4 is 42.4 Å². The molecule has 4 aliphatic rings. The van der Waals surface area contributed by atoms with E-state index in [-0.39, 0.29) is 16.2 Å². The highest BCUT2D eigenvalue weighted by molar-refractivity contribution is 9.11. The van der Waals surface area contributed by atoms with E-state index in [9.17, 15) is 0 Å². The van der Waals surface area contributed by atoms with Crippen LogP contribution in [0.3, 0.4) is 0 Å². The van der Waals surface area contributed by atoms with Crippen LogP contribution in [-0.4, -0.2) is 0 Å². The number of benzene rings is 6. The summed E-state index contributed by atoms with van der Waals surface area (Å²) in [5.41, 5.74) is 7.25. The lowest BCUT2D eigenvalue weighted by molar-refractivity contribution is 0.189. The average molecular weight is 1120 g/mol. The van der Waals surface area contributed by atoms with E-state index < -0.39 is 23.8 Å². The molecule has 74 heavy (non-hydrogen) atoms. The van der Waals surface area contributed by atoms with E-state index in [0.29, 0.717) is 17.3 Å². The highest BCUT2D eigenvalue weighted by atomic mass is 79.9. The van der Waals surface area contributed by atoms with Gasteiger partial charge in [-0.05, 0) is 159 Å². The van der Waals surface area contributed by atoms with E-state index in [1.165, 1.54) is 81.5 Å². The van der Waals surface area contributed by atoms with Crippen molar-refractivity contribution in [1.29, 1.82) is 0 Å². The summed E-state index contributed by atoms with van der Waals surface area (Å²) in [6, 6.07) is 67.8. The molecule has 12 rings (SSSR count). The highest BCUT2D eigenvalue weighted by Crippen LogP contribution is 2.76. The van der Waals surface area contributed by atoms with Crippen molar-refractivity contribution < 1.29 is 0 Å². The van der Waals surface area contributed by atoms with Gasteiger partial charge in [0.25, 0.3) is 0 Å². The molecule has 4 bridgehead atoms. The van der Waals surface area contributed by atoms with Crippen molar-refractivity contribution in [3.05, 3.63) is 222 Å². The summed E-state index contributed by atoms with van der Waals surface area (Å²) in [5.74, 6) is 1.21. The van der Waals surface area contributed by atoms with Crippen LogP contribution in [0.15, 0.2) is 192 Å². The van der Waals surface area contributed by atoms with Crippen LogP contribution in [0.2, 0.25) is 0 Å². The zero-order chi connectivity index (χ0) is 51.7. The number of thiophene rings is 2. The number of fused-ring (bicyclic) bond motifs is 4. The van der Waals surface area contributed by atoms with E-state index in [0.717, 1.165) is 0 Å². The maximum atomic E-state index is 4.14. The van der Waals surface area contributed by atoms with Gasteiger partial charge >= 0.3 is 0 Å². The Hall–Kier alpha value is -4.03. The molecule has 0 saturated heterocycles. The normalized spacial score (nSPS) is 22.4. The summed E-state index contributed by atoms with van der Waals surface area (Å²) < 4.78 is 1.48. The van der Waals surface area contributed by atoms with Crippen molar-refractivity contribution in [2.45, 2.75) is 94.9 Å². The number of halogens is 1. The molecule has 4 atom stereocenters. The third-order valence-electron chi connectivity index (χ3n) is 18.4. The van der Waals surface area contributed by atoms with Gasteiger partial charge < -0.3 is 0 Å². The average Bonchev–Trinajstić information content (AvgIpc) is 4.11. The van der Waals surface area contributed by atoms with E-state index in [2.05, 4.69) is 267 Å². The van der Waals surface area contributed by atoms with Gasteiger partial charge in [0.15, 0.2) is 0 Å². The van der Waals surface area contributed by atoms with Gasteiger partial charge in [-0.15, -0.1) is 22.7 Å². The van der Waals surface area contributed by atoms with Crippen LogP contribution in [-0.2, 0) is 0 Å². The molecule has 2 saturated carbocycles. The van der Waals surface area contributed by atoms with Gasteiger partial charge in [0, 0.05) is 45.7 Å². The topological polar surface area (TPSA) is 0 Å². The zero-order valence-electron chi connectivity index (χ0n) is 44.8. The van der Waals surface area contributed by atoms with Crippen LogP contribution in [0.4, 0.5) is 0 Å². The molecule has 4 unspecified atom stereocenters. The summed E-state index contributed by atoms with van der Waals surface area (Å²) in [5, 5.41) is 13.6. The van der Waals surface area contributed by atoms with Crippen molar-refractivity contribution in [1.82, 2.24) is 0 Å². The van der Waals surface area contributed by atoms with Gasteiger partial charge in [0.1, 0.15) is 0 Å². The lowest BCUT2D eigenvalue weighted by Crippen LogP contribution is -2.31. The molecule has 0 amide bonds. The zero-order valence-corrected chi connectivity index (χ0v) is 50.7. The summed E-state index contributed by atoms with van der Waals surface area (Å²) in [7, 11) is -1.99. The first kappa shape index (κ1) is 52.0. The Morgan fingerprint density at radius 3 is 0.986 bits per heavy atom. The van der Waals surface area contributed by atoms with Gasteiger partial charge in [-0.3, -0.25) is 0 Å². The summed E-state index contributed by atoms with van der Waals surface area (Å²) >= 11 is 8.15. The molecule has 0 spiro atoms. The van der Waals surface area contributed by atoms with Crippen LogP contribution in [0.5, 0.6) is 0 Å². The van der Waals surface area contributed by atoms with Crippen LogP contribution in [0.25, 0.3) is 11.1 Å². The lowest BCUT2D eigenvalue weighted by Gasteiger charge is -2.38. The van der Waals surface area contributed by atoms with E-state index in [4.69, 9.17) is 0 Å². The van der Waals surface area contributed by atoms with Gasteiger partial charge in [0.05, 0.1) is 0 Å². The fraction of sp³-hybridized carbons (Fsp3) is 0.294. The number of rotatable bonds is 11. The molecule has 2 heterocycles. The number of allylic oxidation sites excluding steroid dienone is 4. The van der Waals surface area contributed by atoms with Gasteiger partial charge in [-0.1, -0.05) is 239 Å². The lowest BCUT2D eigenvalue weighted by atomic mass is 9.66. The van der Waals surface area contributed by atoms with Crippen LogP contribution in [0.1, 0.15) is 97.9 Å². The first-order valence-electron chi connectivity index (χ1n) is 26.7. The second-order valence-corrected chi connectivity index (χ2v) is 32.9. The maximum Gasteiger partial charge on any atom is 0.0107 e. The molecule has 2 aromatic heterocycles. The Morgan fingerprint density at radius 1 is 0.378 bits per heavy atom. The van der Waals surface area contributed by atoms with Crippen LogP contribution >= 0.6 is 62.4 Å². The Balaban J connectivity index is 0.000000168. The smallest absolute Gasteiger partial charge is 0.0107 e. The fourth-order valence-corrected chi connectivity index (χ4v) is 26.6. The molecule has 0 N–H and O–H groups in total. The van der Waals surface area contributed by atoms with Crippen molar-refractivity contribution >= 4 is 116 Å². The third kappa shape index (κ3) is 8.45. The minimum Gasteiger partial charge on any atom is -0.145 e. The first-order chi connectivity index (χ1) is 35.6.